The van der Waals surface area contributed by atoms with E-state index in [1.165, 1.54) is 16.2 Å². The molecule has 3 heterocycles. The van der Waals surface area contributed by atoms with Gasteiger partial charge in [-0.2, -0.15) is 0 Å². The van der Waals surface area contributed by atoms with Crippen molar-refractivity contribution in [2.75, 3.05) is 0 Å². The van der Waals surface area contributed by atoms with E-state index in [9.17, 15) is 4.79 Å². The van der Waals surface area contributed by atoms with Gasteiger partial charge in [-0.25, -0.2) is 9.97 Å². The summed E-state index contributed by atoms with van der Waals surface area (Å²) in [6.07, 6.45) is 5.38. The minimum absolute atomic E-state index is 0.0831. The summed E-state index contributed by atoms with van der Waals surface area (Å²) in [5, 5.41) is 1.54. The Labute approximate surface area is 159 Å². The van der Waals surface area contributed by atoms with Crippen LogP contribution in [0.25, 0.3) is 11.3 Å². The van der Waals surface area contributed by atoms with E-state index in [0.717, 1.165) is 27.1 Å². The van der Waals surface area contributed by atoms with E-state index in [2.05, 4.69) is 9.97 Å². The maximum Gasteiger partial charge on any atom is 0.258 e. The molecule has 1 aromatic carbocycles. The molecule has 130 valence electrons. The van der Waals surface area contributed by atoms with Crippen LogP contribution in [-0.4, -0.2) is 18.9 Å². The van der Waals surface area contributed by atoms with Crippen LogP contribution < -0.4 is 5.56 Å². The molecule has 0 unspecified atom stereocenters. The summed E-state index contributed by atoms with van der Waals surface area (Å²) >= 11 is 7.77. The second kappa shape index (κ2) is 6.97. The van der Waals surface area contributed by atoms with Crippen molar-refractivity contribution in [1.82, 2.24) is 18.9 Å². The average Bonchev–Trinajstić information content (AvgIpc) is 3.11. The van der Waals surface area contributed by atoms with Crippen molar-refractivity contribution in [1.29, 1.82) is 0 Å². The van der Waals surface area contributed by atoms with Gasteiger partial charge in [-0.15, -0.1) is 0 Å². The summed E-state index contributed by atoms with van der Waals surface area (Å²) in [7, 11) is 0. The molecule has 0 amide bonds. The summed E-state index contributed by atoms with van der Waals surface area (Å²) in [6.45, 7) is 1.98. The lowest BCUT2D eigenvalue weighted by molar-refractivity contribution is 0.886. The number of hydrogen-bond acceptors (Lipinski definition) is 4. The summed E-state index contributed by atoms with van der Waals surface area (Å²) in [6, 6.07) is 12.9. The van der Waals surface area contributed by atoms with Crippen LogP contribution in [0, 0.1) is 6.92 Å². The van der Waals surface area contributed by atoms with E-state index in [1.54, 1.807) is 18.5 Å². The largest absolute Gasteiger partial charge is 0.295 e. The zero-order valence-corrected chi connectivity index (χ0v) is 15.5. The van der Waals surface area contributed by atoms with E-state index >= 15 is 0 Å². The highest BCUT2D eigenvalue weighted by Crippen LogP contribution is 2.27. The molecule has 4 rings (SSSR count). The fourth-order valence-electron chi connectivity index (χ4n) is 2.75. The minimum Gasteiger partial charge on any atom is -0.295 e. The van der Waals surface area contributed by atoms with Crippen molar-refractivity contribution in [2.45, 2.75) is 17.8 Å². The number of pyridine rings is 1. The third kappa shape index (κ3) is 3.13. The second-order valence-electron chi connectivity index (χ2n) is 5.77. The lowest BCUT2D eigenvalue weighted by Crippen LogP contribution is -2.14. The SMILES string of the molecule is Cc1c(Cl)cccc1-n1ccnc1SCc1cc(=O)n2ccccc2n1. The standard InChI is InChI=1S/C19H15ClN4OS/c1-13-15(20)5-4-6-16(13)23-10-8-21-19(23)26-12-14-11-18(25)24-9-3-2-7-17(24)22-14/h2-11H,12H2,1H3. The zero-order valence-electron chi connectivity index (χ0n) is 14.0. The van der Waals surface area contributed by atoms with Crippen LogP contribution in [0.1, 0.15) is 11.3 Å². The molecule has 0 spiro atoms. The topological polar surface area (TPSA) is 52.2 Å². The van der Waals surface area contributed by atoms with Gasteiger partial charge in [0.1, 0.15) is 5.65 Å². The number of rotatable bonds is 4. The van der Waals surface area contributed by atoms with Crippen molar-refractivity contribution in [3.8, 4) is 5.69 Å². The van der Waals surface area contributed by atoms with Gasteiger partial charge < -0.3 is 0 Å². The first-order chi connectivity index (χ1) is 12.6. The highest BCUT2D eigenvalue weighted by atomic mass is 35.5. The molecule has 0 fully saturated rings. The van der Waals surface area contributed by atoms with Crippen LogP contribution in [0.4, 0.5) is 0 Å². The molecule has 0 aliphatic carbocycles. The monoisotopic (exact) mass is 382 g/mol. The number of nitrogens with zero attached hydrogens (tertiary/aromatic N) is 4. The van der Waals surface area contributed by atoms with Gasteiger partial charge in [0.05, 0.1) is 11.4 Å². The Morgan fingerprint density at radius 1 is 1.15 bits per heavy atom. The summed E-state index contributed by atoms with van der Waals surface area (Å²) in [4.78, 5) is 21.2. The van der Waals surface area contributed by atoms with Crippen molar-refractivity contribution < 1.29 is 0 Å². The molecule has 5 nitrogen and oxygen atoms in total. The van der Waals surface area contributed by atoms with Gasteiger partial charge in [0.25, 0.3) is 5.56 Å². The number of thioether (sulfide) groups is 1. The molecule has 0 saturated heterocycles. The number of benzene rings is 1. The Hall–Kier alpha value is -2.57. The highest BCUT2D eigenvalue weighted by Gasteiger charge is 2.11. The van der Waals surface area contributed by atoms with Crippen LogP contribution in [0.2, 0.25) is 5.02 Å². The molecule has 0 N–H and O–H groups in total. The van der Waals surface area contributed by atoms with Crippen LogP contribution in [0.15, 0.2) is 71.0 Å². The fraction of sp³-hybridized carbons (Fsp3) is 0.105. The average molecular weight is 383 g/mol. The molecular formula is C19H15ClN4OS. The normalized spacial score (nSPS) is 11.2. The van der Waals surface area contributed by atoms with Gasteiger partial charge in [-0.3, -0.25) is 13.8 Å². The van der Waals surface area contributed by atoms with Gasteiger partial charge in [0, 0.05) is 35.4 Å². The van der Waals surface area contributed by atoms with Crippen molar-refractivity contribution in [3.05, 3.63) is 87.7 Å². The Morgan fingerprint density at radius 2 is 2.04 bits per heavy atom. The molecule has 0 aliphatic rings. The molecule has 0 atom stereocenters. The minimum atomic E-state index is -0.0831. The summed E-state index contributed by atoms with van der Waals surface area (Å²) < 4.78 is 3.53. The zero-order chi connectivity index (χ0) is 18.1. The van der Waals surface area contributed by atoms with Crippen LogP contribution in [0.3, 0.4) is 0 Å². The van der Waals surface area contributed by atoms with Gasteiger partial charge >= 0.3 is 0 Å². The van der Waals surface area contributed by atoms with E-state index in [1.807, 2.05) is 54.1 Å². The molecule has 0 radical (unpaired) electrons. The first-order valence-electron chi connectivity index (χ1n) is 8.02. The first kappa shape index (κ1) is 16.9. The lowest BCUT2D eigenvalue weighted by Gasteiger charge is -2.11. The van der Waals surface area contributed by atoms with Crippen molar-refractivity contribution in [2.24, 2.45) is 0 Å². The van der Waals surface area contributed by atoms with Crippen LogP contribution in [0.5, 0.6) is 0 Å². The van der Waals surface area contributed by atoms with Gasteiger partial charge in [-0.05, 0) is 36.8 Å². The Kier molecular flexibility index (Phi) is 4.53. The molecule has 0 aliphatic heterocycles. The summed E-state index contributed by atoms with van der Waals surface area (Å²) in [5.74, 6) is 0.553. The maximum absolute atomic E-state index is 12.2. The Morgan fingerprint density at radius 3 is 2.92 bits per heavy atom. The van der Waals surface area contributed by atoms with Crippen molar-refractivity contribution in [3.63, 3.8) is 0 Å². The predicted molar refractivity (Wildman–Crippen MR) is 104 cm³/mol. The molecule has 7 heteroatoms. The quantitative estimate of drug-likeness (QED) is 0.498. The van der Waals surface area contributed by atoms with E-state index < -0.39 is 0 Å². The molecule has 4 aromatic rings. The number of imidazole rings is 1. The third-order valence-electron chi connectivity index (χ3n) is 4.08. The Balaban J connectivity index is 1.63. The number of halogens is 1. The molecule has 0 saturated carbocycles. The molecular weight excluding hydrogens is 368 g/mol. The smallest absolute Gasteiger partial charge is 0.258 e. The highest BCUT2D eigenvalue weighted by molar-refractivity contribution is 7.98. The van der Waals surface area contributed by atoms with Gasteiger partial charge in [0.2, 0.25) is 0 Å². The second-order valence-corrected chi connectivity index (χ2v) is 7.12. The van der Waals surface area contributed by atoms with Gasteiger partial charge in [-0.1, -0.05) is 35.5 Å². The predicted octanol–water partition coefficient (Wildman–Crippen LogP) is 4.13. The van der Waals surface area contributed by atoms with Crippen LogP contribution >= 0.6 is 23.4 Å². The molecule has 3 aromatic heterocycles. The fourth-order valence-corrected chi connectivity index (χ4v) is 3.78. The molecule has 26 heavy (non-hydrogen) atoms. The van der Waals surface area contributed by atoms with Crippen LogP contribution in [-0.2, 0) is 5.75 Å². The first-order valence-corrected chi connectivity index (χ1v) is 9.39. The summed E-state index contributed by atoms with van der Waals surface area (Å²) in [5.41, 5.74) is 3.27. The van der Waals surface area contributed by atoms with E-state index in [4.69, 9.17) is 11.6 Å². The number of hydrogen-bond donors (Lipinski definition) is 0. The van der Waals surface area contributed by atoms with E-state index in [-0.39, 0.29) is 5.56 Å². The number of fused-ring (bicyclic) bond motifs is 1. The number of aromatic nitrogens is 4. The lowest BCUT2D eigenvalue weighted by atomic mass is 10.2. The van der Waals surface area contributed by atoms with Gasteiger partial charge in [0.15, 0.2) is 5.16 Å². The third-order valence-corrected chi connectivity index (χ3v) is 5.49. The Bertz CT molecular complexity index is 1150. The molecule has 0 bridgehead atoms. The maximum atomic E-state index is 12.2. The van der Waals surface area contributed by atoms with E-state index in [0.29, 0.717) is 11.4 Å². The van der Waals surface area contributed by atoms with Crippen molar-refractivity contribution >= 4 is 29.0 Å².